The second-order valence-electron chi connectivity index (χ2n) is 6.80. The molecule has 5 heteroatoms. The molecule has 0 aliphatic carbocycles. The lowest BCUT2D eigenvalue weighted by atomic mass is 9.97. The van der Waals surface area contributed by atoms with Gasteiger partial charge in [0.25, 0.3) is 0 Å². The molecule has 2 aromatic carbocycles. The Morgan fingerprint density at radius 3 is 2.40 bits per heavy atom. The summed E-state index contributed by atoms with van der Waals surface area (Å²) >= 11 is 0. The number of aryl methyl sites for hydroxylation is 1. The first-order chi connectivity index (χ1) is 11.8. The van der Waals surface area contributed by atoms with E-state index < -0.39 is 11.7 Å². The highest BCUT2D eigenvalue weighted by molar-refractivity contribution is 5.69. The summed E-state index contributed by atoms with van der Waals surface area (Å²) in [7, 11) is 0. The summed E-state index contributed by atoms with van der Waals surface area (Å²) in [4.78, 5) is 2.27. The highest BCUT2D eigenvalue weighted by Crippen LogP contribution is 2.35. The molecule has 25 heavy (non-hydrogen) atoms. The van der Waals surface area contributed by atoms with Crippen LogP contribution < -0.4 is 10.6 Å². The number of alkyl halides is 3. The Balaban J connectivity index is 1.91. The van der Waals surface area contributed by atoms with Crippen LogP contribution in [0.1, 0.15) is 40.7 Å². The van der Waals surface area contributed by atoms with Crippen LogP contribution in [0.4, 0.5) is 24.5 Å². The van der Waals surface area contributed by atoms with Gasteiger partial charge in [-0.25, -0.2) is 0 Å². The molecule has 2 N–H and O–H groups in total. The number of halogens is 3. The van der Waals surface area contributed by atoms with Crippen molar-refractivity contribution in [3.63, 3.8) is 0 Å². The minimum absolute atomic E-state index is 0.605. The standard InChI is InChI=1S/C20H23F3N2/c1-13-11-18-17(14(2)19(13)24)5-3-4-10-25(18)12-15-6-8-16(9-7-15)20(21,22)23/h6-9,11H,3-5,10,12,24H2,1-2H3. The third kappa shape index (κ3) is 3.60. The lowest BCUT2D eigenvalue weighted by Crippen LogP contribution is -2.24. The molecule has 0 fully saturated rings. The van der Waals surface area contributed by atoms with E-state index in [9.17, 15) is 13.2 Å². The SMILES string of the molecule is Cc1cc2c(c(C)c1N)CCCCN2Cc1ccc(C(F)(F)F)cc1. The van der Waals surface area contributed by atoms with Crippen LogP contribution in [0, 0.1) is 13.8 Å². The Morgan fingerprint density at radius 2 is 1.76 bits per heavy atom. The van der Waals surface area contributed by atoms with E-state index in [-0.39, 0.29) is 0 Å². The van der Waals surface area contributed by atoms with Crippen molar-refractivity contribution in [2.45, 2.75) is 45.8 Å². The molecule has 0 amide bonds. The second-order valence-corrected chi connectivity index (χ2v) is 6.80. The van der Waals surface area contributed by atoms with Crippen LogP contribution in [0.15, 0.2) is 30.3 Å². The van der Waals surface area contributed by atoms with Crippen LogP contribution in [0.3, 0.4) is 0 Å². The van der Waals surface area contributed by atoms with E-state index >= 15 is 0 Å². The monoisotopic (exact) mass is 348 g/mol. The summed E-state index contributed by atoms with van der Waals surface area (Å²) < 4.78 is 38.2. The van der Waals surface area contributed by atoms with Gasteiger partial charge < -0.3 is 10.6 Å². The van der Waals surface area contributed by atoms with Crippen LogP contribution in [0.25, 0.3) is 0 Å². The molecule has 1 aliphatic rings. The maximum absolute atomic E-state index is 12.7. The maximum atomic E-state index is 12.7. The van der Waals surface area contributed by atoms with Gasteiger partial charge in [-0.15, -0.1) is 0 Å². The lowest BCUT2D eigenvalue weighted by Gasteiger charge is -2.27. The third-order valence-electron chi connectivity index (χ3n) is 5.04. The molecule has 0 bridgehead atoms. The van der Waals surface area contributed by atoms with Gasteiger partial charge in [0.1, 0.15) is 0 Å². The zero-order valence-electron chi connectivity index (χ0n) is 14.6. The fourth-order valence-electron chi connectivity index (χ4n) is 3.53. The van der Waals surface area contributed by atoms with Crippen LogP contribution >= 0.6 is 0 Å². The molecule has 0 atom stereocenters. The Labute approximate surface area is 146 Å². The Kier molecular flexibility index (Phi) is 4.67. The molecule has 0 aromatic heterocycles. The summed E-state index contributed by atoms with van der Waals surface area (Å²) in [6.07, 6.45) is -1.14. The van der Waals surface area contributed by atoms with E-state index in [1.807, 2.05) is 6.92 Å². The van der Waals surface area contributed by atoms with Gasteiger partial charge in [-0.3, -0.25) is 0 Å². The molecule has 1 heterocycles. The molecule has 2 nitrogen and oxygen atoms in total. The highest BCUT2D eigenvalue weighted by atomic mass is 19.4. The van der Waals surface area contributed by atoms with Crippen LogP contribution in [-0.4, -0.2) is 6.54 Å². The molecule has 0 spiro atoms. The Morgan fingerprint density at radius 1 is 1.08 bits per heavy atom. The highest BCUT2D eigenvalue weighted by Gasteiger charge is 2.30. The van der Waals surface area contributed by atoms with Gasteiger partial charge in [0.05, 0.1) is 5.56 Å². The Bertz CT molecular complexity index is 764. The number of nitrogen functional groups attached to an aromatic ring is 1. The molecule has 2 aromatic rings. The van der Waals surface area contributed by atoms with E-state index in [1.165, 1.54) is 11.3 Å². The molecular weight excluding hydrogens is 325 g/mol. The van der Waals surface area contributed by atoms with Crippen LogP contribution in [-0.2, 0) is 19.1 Å². The van der Waals surface area contributed by atoms with E-state index in [0.29, 0.717) is 6.54 Å². The number of fused-ring (bicyclic) bond motifs is 1. The third-order valence-corrected chi connectivity index (χ3v) is 5.04. The van der Waals surface area contributed by atoms with Gasteiger partial charge in [0.2, 0.25) is 0 Å². The van der Waals surface area contributed by atoms with E-state index in [0.717, 1.165) is 60.3 Å². The van der Waals surface area contributed by atoms with Crippen molar-refractivity contribution >= 4 is 11.4 Å². The summed E-state index contributed by atoms with van der Waals surface area (Å²) in [6.45, 7) is 5.57. The van der Waals surface area contributed by atoms with Gasteiger partial charge in [0, 0.05) is 24.5 Å². The molecule has 1 aliphatic heterocycles. The maximum Gasteiger partial charge on any atom is 0.416 e. The molecule has 0 radical (unpaired) electrons. The molecule has 0 saturated carbocycles. The second kappa shape index (κ2) is 6.62. The topological polar surface area (TPSA) is 29.3 Å². The normalized spacial score (nSPS) is 15.0. The number of hydrogen-bond donors (Lipinski definition) is 1. The first-order valence-electron chi connectivity index (χ1n) is 8.57. The number of nitrogens with zero attached hydrogens (tertiary/aromatic N) is 1. The van der Waals surface area contributed by atoms with Crippen molar-refractivity contribution in [3.8, 4) is 0 Å². The average Bonchev–Trinajstić information content (AvgIpc) is 2.75. The fraction of sp³-hybridized carbons (Fsp3) is 0.400. The first kappa shape index (κ1) is 17.6. The van der Waals surface area contributed by atoms with Crippen molar-refractivity contribution in [2.75, 3.05) is 17.2 Å². The average molecular weight is 348 g/mol. The molecule has 3 rings (SSSR count). The number of rotatable bonds is 2. The van der Waals surface area contributed by atoms with Gasteiger partial charge in [-0.05, 0) is 73.6 Å². The smallest absolute Gasteiger partial charge is 0.398 e. The fourth-order valence-corrected chi connectivity index (χ4v) is 3.53. The van der Waals surface area contributed by atoms with E-state index in [1.54, 1.807) is 12.1 Å². The zero-order chi connectivity index (χ0) is 18.2. The summed E-state index contributed by atoms with van der Waals surface area (Å²) in [5.74, 6) is 0. The van der Waals surface area contributed by atoms with Crippen molar-refractivity contribution in [1.29, 1.82) is 0 Å². The van der Waals surface area contributed by atoms with E-state index in [2.05, 4.69) is 17.9 Å². The number of hydrogen-bond acceptors (Lipinski definition) is 2. The molecule has 134 valence electrons. The molecular formula is C20H23F3N2. The predicted octanol–water partition coefficient (Wildman–Crippen LogP) is 5.25. The van der Waals surface area contributed by atoms with Crippen molar-refractivity contribution in [1.82, 2.24) is 0 Å². The van der Waals surface area contributed by atoms with Gasteiger partial charge >= 0.3 is 6.18 Å². The lowest BCUT2D eigenvalue weighted by molar-refractivity contribution is -0.137. The number of nitrogens with two attached hydrogens (primary N) is 1. The summed E-state index contributed by atoms with van der Waals surface area (Å²) in [5.41, 5.74) is 11.9. The zero-order valence-corrected chi connectivity index (χ0v) is 14.6. The number of benzene rings is 2. The van der Waals surface area contributed by atoms with Crippen molar-refractivity contribution in [3.05, 3.63) is 58.1 Å². The van der Waals surface area contributed by atoms with Gasteiger partial charge in [-0.2, -0.15) is 13.2 Å². The van der Waals surface area contributed by atoms with Crippen molar-refractivity contribution < 1.29 is 13.2 Å². The first-order valence-corrected chi connectivity index (χ1v) is 8.57. The quantitative estimate of drug-likeness (QED) is 0.751. The molecule has 0 unspecified atom stereocenters. The Hall–Kier alpha value is -2.17. The predicted molar refractivity (Wildman–Crippen MR) is 95.8 cm³/mol. The largest absolute Gasteiger partial charge is 0.416 e. The minimum Gasteiger partial charge on any atom is -0.398 e. The number of anilines is 2. The van der Waals surface area contributed by atoms with Crippen LogP contribution in [0.5, 0.6) is 0 Å². The molecule has 0 saturated heterocycles. The minimum atomic E-state index is -4.29. The van der Waals surface area contributed by atoms with E-state index in [4.69, 9.17) is 5.73 Å². The van der Waals surface area contributed by atoms with Crippen molar-refractivity contribution in [2.24, 2.45) is 0 Å². The van der Waals surface area contributed by atoms with Crippen LogP contribution in [0.2, 0.25) is 0 Å². The summed E-state index contributed by atoms with van der Waals surface area (Å²) in [5, 5.41) is 0. The van der Waals surface area contributed by atoms with Gasteiger partial charge in [0.15, 0.2) is 0 Å². The summed E-state index contributed by atoms with van der Waals surface area (Å²) in [6, 6.07) is 7.59. The van der Waals surface area contributed by atoms with Gasteiger partial charge in [-0.1, -0.05) is 12.1 Å².